The van der Waals surface area contributed by atoms with E-state index in [4.69, 9.17) is 4.74 Å². The molecule has 0 saturated heterocycles. The van der Waals surface area contributed by atoms with Gasteiger partial charge in [-0.05, 0) is 32.3 Å². The number of ether oxygens (including phenoxy) is 1. The second kappa shape index (κ2) is 6.65. The van der Waals surface area contributed by atoms with Crippen LogP contribution in [0.15, 0.2) is 10.9 Å². The Bertz CT molecular complexity index is 521. The number of nitrogens with zero attached hydrogens (tertiary/aromatic N) is 1. The molecule has 20 heavy (non-hydrogen) atoms. The number of carbonyl (C=O) groups is 1. The molecule has 6 nitrogen and oxygen atoms in total. The molecule has 0 aliphatic heterocycles. The molecule has 0 radical (unpaired) electrons. The predicted molar refractivity (Wildman–Crippen MR) is 76.8 cm³/mol. The number of aromatic nitrogens is 2. The number of hydrogen-bond donors (Lipinski definition) is 2. The van der Waals surface area contributed by atoms with Gasteiger partial charge in [-0.3, -0.25) is 4.79 Å². The Morgan fingerprint density at radius 1 is 1.50 bits per heavy atom. The second-order valence-corrected chi connectivity index (χ2v) is 5.97. The molecule has 0 aliphatic carbocycles. The molecule has 0 unspecified atom stereocenters. The van der Waals surface area contributed by atoms with Crippen molar-refractivity contribution >= 4 is 5.91 Å². The lowest BCUT2D eigenvalue weighted by atomic mass is 10.1. The van der Waals surface area contributed by atoms with E-state index < -0.39 is 11.2 Å². The van der Waals surface area contributed by atoms with Crippen LogP contribution in [0.2, 0.25) is 0 Å². The average Bonchev–Trinajstić information content (AvgIpc) is 2.26. The van der Waals surface area contributed by atoms with Crippen LogP contribution in [-0.4, -0.2) is 35.1 Å². The summed E-state index contributed by atoms with van der Waals surface area (Å²) in [6.45, 7) is 8.15. The molecule has 1 amide bonds. The van der Waals surface area contributed by atoms with E-state index in [1.165, 1.54) is 0 Å². The largest absolute Gasteiger partial charge is 0.382 e. The molecule has 0 saturated carbocycles. The fraction of sp³-hybridized carbons (Fsp3) is 0.643. The quantitative estimate of drug-likeness (QED) is 0.818. The highest BCUT2D eigenvalue weighted by molar-refractivity contribution is 5.92. The first kappa shape index (κ1) is 16.4. The molecule has 0 aromatic carbocycles. The fourth-order valence-corrected chi connectivity index (χ4v) is 1.94. The van der Waals surface area contributed by atoms with E-state index in [-0.39, 0.29) is 11.6 Å². The SMILES string of the molecule is COCC(C)(C)NC(=O)c1cc(CC(C)C)[nH]c(=O)n1. The van der Waals surface area contributed by atoms with Gasteiger partial charge in [-0.15, -0.1) is 0 Å². The maximum absolute atomic E-state index is 12.1. The highest BCUT2D eigenvalue weighted by Crippen LogP contribution is 2.07. The lowest BCUT2D eigenvalue weighted by molar-refractivity contribution is 0.0814. The Hall–Kier alpha value is -1.69. The first-order valence-corrected chi connectivity index (χ1v) is 6.65. The maximum atomic E-state index is 12.1. The third-order valence-corrected chi connectivity index (χ3v) is 2.62. The molecule has 6 heteroatoms. The number of H-pyrrole nitrogens is 1. The van der Waals surface area contributed by atoms with Crippen LogP contribution in [0.5, 0.6) is 0 Å². The normalized spacial score (nSPS) is 11.7. The summed E-state index contributed by atoms with van der Waals surface area (Å²) in [5.41, 5.74) is -0.171. The number of hydrogen-bond acceptors (Lipinski definition) is 4. The molecule has 1 rings (SSSR count). The average molecular weight is 281 g/mol. The van der Waals surface area contributed by atoms with Crippen LogP contribution in [0, 0.1) is 5.92 Å². The number of rotatable bonds is 6. The third kappa shape index (κ3) is 5.13. The van der Waals surface area contributed by atoms with Crippen molar-refractivity contribution in [3.63, 3.8) is 0 Å². The molecule has 1 aromatic heterocycles. The van der Waals surface area contributed by atoms with Crippen LogP contribution in [-0.2, 0) is 11.2 Å². The van der Waals surface area contributed by atoms with Gasteiger partial charge >= 0.3 is 5.69 Å². The standard InChI is InChI=1S/C14H23N3O3/c1-9(2)6-10-7-11(16-13(19)15-10)12(18)17-14(3,4)8-20-5/h7,9H,6,8H2,1-5H3,(H,17,18)(H,15,16,19). The van der Waals surface area contributed by atoms with Gasteiger partial charge in [-0.25, -0.2) is 4.79 Å². The van der Waals surface area contributed by atoms with Crippen molar-refractivity contribution in [2.75, 3.05) is 13.7 Å². The van der Waals surface area contributed by atoms with Crippen LogP contribution < -0.4 is 11.0 Å². The monoisotopic (exact) mass is 281 g/mol. The molecule has 0 fully saturated rings. The summed E-state index contributed by atoms with van der Waals surface area (Å²) in [6.07, 6.45) is 0.694. The number of amides is 1. The molecular weight excluding hydrogens is 258 g/mol. The summed E-state index contributed by atoms with van der Waals surface area (Å²) in [7, 11) is 1.57. The van der Waals surface area contributed by atoms with Crippen LogP contribution in [0.3, 0.4) is 0 Å². The van der Waals surface area contributed by atoms with Gasteiger partial charge in [0.15, 0.2) is 0 Å². The summed E-state index contributed by atoms with van der Waals surface area (Å²) in [4.78, 5) is 30.0. The Morgan fingerprint density at radius 3 is 2.70 bits per heavy atom. The lowest BCUT2D eigenvalue weighted by Crippen LogP contribution is -2.47. The second-order valence-electron chi connectivity index (χ2n) is 5.97. The number of methoxy groups -OCH3 is 1. The predicted octanol–water partition coefficient (Wildman–Crippen LogP) is 1.12. The summed E-state index contributed by atoms with van der Waals surface area (Å²) < 4.78 is 5.04. The minimum Gasteiger partial charge on any atom is -0.382 e. The fourth-order valence-electron chi connectivity index (χ4n) is 1.94. The highest BCUT2D eigenvalue weighted by atomic mass is 16.5. The summed E-state index contributed by atoms with van der Waals surface area (Å²) >= 11 is 0. The van der Waals surface area contributed by atoms with Crippen molar-refractivity contribution in [2.45, 2.75) is 39.7 Å². The van der Waals surface area contributed by atoms with Gasteiger partial charge in [0.1, 0.15) is 5.69 Å². The van der Waals surface area contributed by atoms with Gasteiger partial charge in [0, 0.05) is 12.8 Å². The van der Waals surface area contributed by atoms with Crippen molar-refractivity contribution in [3.8, 4) is 0 Å². The Kier molecular flexibility index (Phi) is 5.44. The first-order chi connectivity index (χ1) is 9.23. The van der Waals surface area contributed by atoms with Crippen LogP contribution in [0.1, 0.15) is 43.9 Å². The summed E-state index contributed by atoms with van der Waals surface area (Å²) in [6, 6.07) is 1.62. The molecule has 0 atom stereocenters. The van der Waals surface area contributed by atoms with Gasteiger partial charge in [-0.2, -0.15) is 4.98 Å². The van der Waals surface area contributed by atoms with Gasteiger partial charge in [0.25, 0.3) is 5.91 Å². The number of carbonyl (C=O) groups excluding carboxylic acids is 1. The summed E-state index contributed by atoms with van der Waals surface area (Å²) in [5, 5.41) is 2.80. The van der Waals surface area contributed by atoms with Crippen molar-refractivity contribution in [2.24, 2.45) is 5.92 Å². The van der Waals surface area contributed by atoms with Gasteiger partial charge < -0.3 is 15.0 Å². The van der Waals surface area contributed by atoms with Gasteiger partial charge in [0.05, 0.1) is 12.1 Å². The zero-order valence-corrected chi connectivity index (χ0v) is 12.7. The van der Waals surface area contributed by atoms with Crippen molar-refractivity contribution in [3.05, 3.63) is 27.9 Å². The van der Waals surface area contributed by atoms with E-state index >= 15 is 0 Å². The molecule has 1 aromatic rings. The smallest absolute Gasteiger partial charge is 0.345 e. The van der Waals surface area contributed by atoms with E-state index in [1.54, 1.807) is 13.2 Å². The van der Waals surface area contributed by atoms with Crippen LogP contribution in [0.4, 0.5) is 0 Å². The first-order valence-electron chi connectivity index (χ1n) is 6.65. The Morgan fingerprint density at radius 2 is 2.15 bits per heavy atom. The molecule has 0 spiro atoms. The third-order valence-electron chi connectivity index (χ3n) is 2.62. The zero-order chi connectivity index (χ0) is 15.3. The lowest BCUT2D eigenvalue weighted by Gasteiger charge is -2.25. The molecule has 2 N–H and O–H groups in total. The van der Waals surface area contributed by atoms with E-state index in [0.717, 1.165) is 5.69 Å². The minimum atomic E-state index is -0.520. The van der Waals surface area contributed by atoms with Crippen LogP contribution >= 0.6 is 0 Å². The topological polar surface area (TPSA) is 84.1 Å². The maximum Gasteiger partial charge on any atom is 0.345 e. The van der Waals surface area contributed by atoms with Gasteiger partial charge in [0.2, 0.25) is 0 Å². The van der Waals surface area contributed by atoms with Gasteiger partial charge in [-0.1, -0.05) is 13.8 Å². The van der Waals surface area contributed by atoms with Crippen molar-refractivity contribution in [1.29, 1.82) is 0 Å². The molecule has 1 heterocycles. The zero-order valence-electron chi connectivity index (χ0n) is 12.7. The minimum absolute atomic E-state index is 0.133. The highest BCUT2D eigenvalue weighted by Gasteiger charge is 2.22. The van der Waals surface area contributed by atoms with Crippen LogP contribution in [0.25, 0.3) is 0 Å². The van der Waals surface area contributed by atoms with E-state index in [9.17, 15) is 9.59 Å². The van der Waals surface area contributed by atoms with E-state index in [0.29, 0.717) is 18.9 Å². The molecule has 112 valence electrons. The van der Waals surface area contributed by atoms with E-state index in [1.807, 2.05) is 27.7 Å². The molecule has 0 aliphatic rings. The number of nitrogens with one attached hydrogen (secondary N) is 2. The Balaban J connectivity index is 2.93. The van der Waals surface area contributed by atoms with Crippen molar-refractivity contribution < 1.29 is 9.53 Å². The molecular formula is C14H23N3O3. The Labute approximate surface area is 119 Å². The summed E-state index contributed by atoms with van der Waals surface area (Å²) in [5.74, 6) is 0.0112. The van der Waals surface area contributed by atoms with E-state index in [2.05, 4.69) is 15.3 Å². The number of aromatic amines is 1. The molecule has 0 bridgehead atoms. The van der Waals surface area contributed by atoms with Crippen molar-refractivity contribution in [1.82, 2.24) is 15.3 Å².